The highest BCUT2D eigenvalue weighted by Crippen LogP contribution is 2.24. The molecule has 7 heteroatoms. The summed E-state index contributed by atoms with van der Waals surface area (Å²) in [4.78, 5) is 30.5. The number of rotatable bonds is 8. The number of carbonyl (C=O) groups is 1. The predicted octanol–water partition coefficient (Wildman–Crippen LogP) is 5.38. The molecule has 1 N–H and O–H groups in total. The molecule has 0 saturated heterocycles. The minimum Gasteiger partial charge on any atom is -0.352 e. The van der Waals surface area contributed by atoms with Gasteiger partial charge in [0.1, 0.15) is 0 Å². The van der Waals surface area contributed by atoms with Gasteiger partial charge < -0.3 is 5.32 Å². The van der Waals surface area contributed by atoms with Crippen molar-refractivity contribution in [2.24, 2.45) is 11.8 Å². The summed E-state index contributed by atoms with van der Waals surface area (Å²) < 4.78 is 1.74. The fourth-order valence-electron chi connectivity index (χ4n) is 3.11. The topological polar surface area (TPSA) is 64.0 Å². The number of halogens is 1. The highest BCUT2D eigenvalue weighted by atomic mass is 35.5. The summed E-state index contributed by atoms with van der Waals surface area (Å²) in [5.41, 5.74) is 2.07. The number of benzene rings is 2. The third-order valence-electron chi connectivity index (χ3n) is 4.68. The van der Waals surface area contributed by atoms with Crippen LogP contribution in [-0.4, -0.2) is 22.0 Å². The minimum absolute atomic E-state index is 0.0774. The van der Waals surface area contributed by atoms with Gasteiger partial charge in [0.25, 0.3) is 11.5 Å². The third-order valence-corrected chi connectivity index (χ3v) is 5.98. The quantitative estimate of drug-likeness (QED) is 0.364. The van der Waals surface area contributed by atoms with Crippen molar-refractivity contribution in [1.29, 1.82) is 0 Å². The van der Waals surface area contributed by atoms with Crippen molar-refractivity contribution in [1.82, 2.24) is 14.9 Å². The Bertz CT molecular complexity index is 1120. The van der Waals surface area contributed by atoms with Crippen LogP contribution in [0.1, 0.15) is 43.6 Å². The van der Waals surface area contributed by atoms with Gasteiger partial charge in [0.15, 0.2) is 5.16 Å². The number of thioether (sulfide) groups is 1. The van der Waals surface area contributed by atoms with Crippen molar-refractivity contribution in [3.63, 3.8) is 0 Å². The second-order valence-corrected chi connectivity index (χ2v) is 9.83. The van der Waals surface area contributed by atoms with Crippen LogP contribution in [0, 0.1) is 11.8 Å². The maximum Gasteiger partial charge on any atom is 0.262 e. The number of fused-ring (bicyclic) bond motifs is 1. The fourth-order valence-corrected chi connectivity index (χ4v) is 4.20. The molecule has 0 bridgehead atoms. The summed E-state index contributed by atoms with van der Waals surface area (Å²) >= 11 is 7.49. The second-order valence-electron chi connectivity index (χ2n) is 8.45. The zero-order valence-corrected chi connectivity index (χ0v) is 19.9. The normalized spacial score (nSPS) is 11.5. The van der Waals surface area contributed by atoms with Gasteiger partial charge in [-0.25, -0.2) is 4.98 Å². The number of nitrogens with zero attached hydrogens (tertiary/aromatic N) is 2. The molecule has 0 fully saturated rings. The van der Waals surface area contributed by atoms with Gasteiger partial charge >= 0.3 is 0 Å². The van der Waals surface area contributed by atoms with Gasteiger partial charge in [0, 0.05) is 29.4 Å². The van der Waals surface area contributed by atoms with Crippen LogP contribution in [-0.2, 0) is 12.3 Å². The van der Waals surface area contributed by atoms with Crippen LogP contribution in [0.15, 0.2) is 52.4 Å². The molecule has 3 aromatic rings. The van der Waals surface area contributed by atoms with Crippen LogP contribution < -0.4 is 10.9 Å². The summed E-state index contributed by atoms with van der Waals surface area (Å²) in [5, 5.41) is 4.79. The first-order valence-corrected chi connectivity index (χ1v) is 11.8. The highest BCUT2D eigenvalue weighted by Gasteiger charge is 2.15. The van der Waals surface area contributed by atoms with Crippen molar-refractivity contribution in [3.8, 4) is 0 Å². The lowest BCUT2D eigenvalue weighted by Crippen LogP contribution is -2.28. The van der Waals surface area contributed by atoms with Gasteiger partial charge in [0.2, 0.25) is 0 Å². The van der Waals surface area contributed by atoms with Gasteiger partial charge in [-0.05, 0) is 47.7 Å². The summed E-state index contributed by atoms with van der Waals surface area (Å²) in [6.07, 6.45) is 0. The van der Waals surface area contributed by atoms with E-state index in [4.69, 9.17) is 16.6 Å². The van der Waals surface area contributed by atoms with E-state index in [-0.39, 0.29) is 11.5 Å². The molecule has 0 aliphatic heterocycles. The predicted molar refractivity (Wildman–Crippen MR) is 129 cm³/mol. The Kier molecular flexibility index (Phi) is 7.79. The number of carbonyl (C=O) groups excluding carboxylic acids is 1. The van der Waals surface area contributed by atoms with E-state index in [9.17, 15) is 9.59 Å². The Hall–Kier alpha value is -2.31. The van der Waals surface area contributed by atoms with Crippen molar-refractivity contribution in [2.45, 2.75) is 45.1 Å². The van der Waals surface area contributed by atoms with Crippen LogP contribution >= 0.6 is 23.4 Å². The molecule has 0 unspecified atom stereocenters. The second kappa shape index (κ2) is 10.3. The van der Waals surface area contributed by atoms with E-state index in [1.165, 1.54) is 11.8 Å². The molecule has 31 heavy (non-hydrogen) atoms. The maximum absolute atomic E-state index is 13.2. The molecule has 0 atom stereocenters. The Labute approximate surface area is 192 Å². The number of hydrogen-bond donors (Lipinski definition) is 1. The van der Waals surface area contributed by atoms with E-state index in [2.05, 4.69) is 19.2 Å². The van der Waals surface area contributed by atoms with Crippen LogP contribution in [0.5, 0.6) is 0 Å². The lowest BCUT2D eigenvalue weighted by Gasteiger charge is -2.15. The number of amides is 1. The first kappa shape index (κ1) is 23.4. The first-order chi connectivity index (χ1) is 14.7. The molecule has 1 amide bonds. The van der Waals surface area contributed by atoms with Gasteiger partial charge in [-0.3, -0.25) is 14.2 Å². The van der Waals surface area contributed by atoms with E-state index in [0.29, 0.717) is 57.3 Å². The Morgan fingerprint density at radius 1 is 1.10 bits per heavy atom. The molecule has 3 rings (SSSR count). The standard InChI is InChI=1S/C24H28ClN3O2S/c1-15(2)12-26-22(29)18-7-10-20-21(11-18)27-24(28(23(20)30)13-16(3)4)31-14-17-5-8-19(25)9-6-17/h5-11,15-16H,12-14H2,1-4H3,(H,26,29). The molecule has 164 valence electrons. The highest BCUT2D eigenvalue weighted by molar-refractivity contribution is 7.98. The Balaban J connectivity index is 1.97. The molecule has 0 spiro atoms. The zero-order valence-electron chi connectivity index (χ0n) is 18.3. The van der Waals surface area contributed by atoms with Crippen LogP contribution in [0.2, 0.25) is 5.02 Å². The average Bonchev–Trinajstić information content (AvgIpc) is 2.73. The molecular weight excluding hydrogens is 430 g/mol. The van der Waals surface area contributed by atoms with Crippen molar-refractivity contribution in [3.05, 3.63) is 69.0 Å². The van der Waals surface area contributed by atoms with Crippen LogP contribution in [0.25, 0.3) is 10.9 Å². The van der Waals surface area contributed by atoms with Crippen molar-refractivity contribution in [2.75, 3.05) is 6.54 Å². The molecule has 0 aliphatic carbocycles. The lowest BCUT2D eigenvalue weighted by atomic mass is 10.1. The monoisotopic (exact) mass is 457 g/mol. The number of hydrogen-bond acceptors (Lipinski definition) is 4. The largest absolute Gasteiger partial charge is 0.352 e. The number of nitrogens with one attached hydrogen (secondary N) is 1. The SMILES string of the molecule is CC(C)CNC(=O)c1ccc2c(=O)n(CC(C)C)c(SCc3ccc(Cl)cc3)nc2c1. The van der Waals surface area contributed by atoms with Gasteiger partial charge in [0.05, 0.1) is 10.9 Å². The molecule has 1 aromatic heterocycles. The third kappa shape index (κ3) is 6.11. The first-order valence-electron chi connectivity index (χ1n) is 10.4. The Morgan fingerprint density at radius 3 is 2.45 bits per heavy atom. The smallest absolute Gasteiger partial charge is 0.262 e. The maximum atomic E-state index is 13.2. The van der Waals surface area contributed by atoms with Gasteiger partial charge in [-0.2, -0.15) is 0 Å². The van der Waals surface area contributed by atoms with Crippen molar-refractivity contribution < 1.29 is 4.79 Å². The molecular formula is C24H28ClN3O2S. The summed E-state index contributed by atoms with van der Waals surface area (Å²) in [6, 6.07) is 12.8. The zero-order chi connectivity index (χ0) is 22.5. The van der Waals surface area contributed by atoms with E-state index in [1.807, 2.05) is 38.1 Å². The molecule has 1 heterocycles. The van der Waals surface area contributed by atoms with Gasteiger partial charge in [-0.1, -0.05) is 63.2 Å². The van der Waals surface area contributed by atoms with Gasteiger partial charge in [-0.15, -0.1) is 0 Å². The lowest BCUT2D eigenvalue weighted by molar-refractivity contribution is 0.0949. The fraction of sp³-hybridized carbons (Fsp3) is 0.375. The molecule has 0 saturated carbocycles. The summed E-state index contributed by atoms with van der Waals surface area (Å²) in [6.45, 7) is 9.43. The van der Waals surface area contributed by atoms with Crippen molar-refractivity contribution >= 4 is 40.2 Å². The minimum atomic E-state index is -0.154. The molecule has 5 nitrogen and oxygen atoms in total. The molecule has 2 aromatic carbocycles. The Morgan fingerprint density at radius 2 is 1.81 bits per heavy atom. The summed E-state index contributed by atoms with van der Waals surface area (Å²) in [7, 11) is 0. The number of aromatic nitrogens is 2. The molecule has 0 radical (unpaired) electrons. The van der Waals surface area contributed by atoms with Crippen LogP contribution in [0.3, 0.4) is 0 Å². The van der Waals surface area contributed by atoms with E-state index in [0.717, 1.165) is 5.56 Å². The van der Waals surface area contributed by atoms with E-state index >= 15 is 0 Å². The van der Waals surface area contributed by atoms with Crippen LogP contribution in [0.4, 0.5) is 0 Å². The summed E-state index contributed by atoms with van der Waals surface area (Å²) in [5.74, 6) is 1.18. The van der Waals surface area contributed by atoms with E-state index in [1.54, 1.807) is 22.8 Å². The average molecular weight is 458 g/mol. The molecule has 0 aliphatic rings. The van der Waals surface area contributed by atoms with E-state index < -0.39 is 0 Å².